The Kier molecular flexibility index (Phi) is 6.03. The first-order chi connectivity index (χ1) is 9.35. The van der Waals surface area contributed by atoms with Crippen molar-refractivity contribution in [2.75, 3.05) is 6.54 Å². The summed E-state index contributed by atoms with van der Waals surface area (Å²) in [5.41, 5.74) is -0.981. The lowest BCUT2D eigenvalue weighted by atomic mass is 9.85. The van der Waals surface area contributed by atoms with E-state index in [1.807, 2.05) is 6.92 Å². The molecule has 0 aromatic carbocycles. The van der Waals surface area contributed by atoms with Crippen LogP contribution < -0.4 is 0 Å². The van der Waals surface area contributed by atoms with Crippen molar-refractivity contribution in [3.05, 3.63) is 0 Å². The molecule has 1 amide bonds. The molecule has 0 heterocycles. The van der Waals surface area contributed by atoms with Crippen molar-refractivity contribution < 1.29 is 14.7 Å². The molecule has 1 rings (SSSR count). The van der Waals surface area contributed by atoms with E-state index in [-0.39, 0.29) is 5.91 Å². The van der Waals surface area contributed by atoms with E-state index >= 15 is 0 Å². The summed E-state index contributed by atoms with van der Waals surface area (Å²) in [4.78, 5) is 25.5. The number of amides is 1. The largest absolute Gasteiger partial charge is 0.479 e. The van der Waals surface area contributed by atoms with Crippen LogP contribution in [-0.2, 0) is 9.59 Å². The van der Waals surface area contributed by atoms with Crippen molar-refractivity contribution in [1.29, 1.82) is 0 Å². The van der Waals surface area contributed by atoms with Gasteiger partial charge in [-0.25, -0.2) is 4.79 Å². The second-order valence-electron chi connectivity index (χ2n) is 6.44. The lowest BCUT2D eigenvalue weighted by Crippen LogP contribution is -2.56. The van der Waals surface area contributed by atoms with Crippen LogP contribution in [0.4, 0.5) is 0 Å². The summed E-state index contributed by atoms with van der Waals surface area (Å²) in [6, 6.07) is 0. The molecule has 20 heavy (non-hydrogen) atoms. The molecular formula is C16H29NO3. The van der Waals surface area contributed by atoms with Crippen molar-refractivity contribution in [1.82, 2.24) is 4.90 Å². The molecule has 4 nitrogen and oxygen atoms in total. The third-order valence-electron chi connectivity index (χ3n) is 4.78. The van der Waals surface area contributed by atoms with Gasteiger partial charge in [0.1, 0.15) is 5.54 Å². The first kappa shape index (κ1) is 17.0. The van der Waals surface area contributed by atoms with Crippen LogP contribution in [0, 0.1) is 11.8 Å². The Balaban J connectivity index is 3.02. The van der Waals surface area contributed by atoms with Crippen LogP contribution in [0.1, 0.15) is 66.2 Å². The number of hydrogen-bond donors (Lipinski definition) is 1. The van der Waals surface area contributed by atoms with Gasteiger partial charge in [0.2, 0.25) is 5.91 Å². The van der Waals surface area contributed by atoms with Gasteiger partial charge >= 0.3 is 5.97 Å². The van der Waals surface area contributed by atoms with Crippen LogP contribution >= 0.6 is 0 Å². The number of carboxylic acid groups (broad SMARTS) is 1. The fraction of sp³-hybridized carbons (Fsp3) is 0.875. The number of carbonyl (C=O) groups is 2. The summed E-state index contributed by atoms with van der Waals surface area (Å²) < 4.78 is 0. The minimum Gasteiger partial charge on any atom is -0.479 e. The quantitative estimate of drug-likeness (QED) is 0.788. The smallest absolute Gasteiger partial charge is 0.329 e. The van der Waals surface area contributed by atoms with Gasteiger partial charge in [-0.05, 0) is 37.5 Å². The van der Waals surface area contributed by atoms with Crippen LogP contribution in [0.15, 0.2) is 0 Å². The maximum absolute atomic E-state index is 11.9. The van der Waals surface area contributed by atoms with E-state index in [2.05, 4.69) is 13.8 Å². The third kappa shape index (κ3) is 3.53. The summed E-state index contributed by atoms with van der Waals surface area (Å²) in [5, 5.41) is 9.79. The zero-order valence-corrected chi connectivity index (χ0v) is 13.3. The molecule has 2 unspecified atom stereocenters. The molecule has 0 saturated heterocycles. The first-order valence-electron chi connectivity index (χ1n) is 7.86. The Bertz CT molecular complexity index is 354. The molecule has 0 bridgehead atoms. The molecule has 0 aromatic heterocycles. The summed E-state index contributed by atoms with van der Waals surface area (Å²) in [7, 11) is 0. The van der Waals surface area contributed by atoms with E-state index in [1.165, 1.54) is 6.92 Å². The maximum atomic E-state index is 11.9. The molecule has 0 aliphatic heterocycles. The lowest BCUT2D eigenvalue weighted by molar-refractivity contribution is -0.160. The van der Waals surface area contributed by atoms with Crippen molar-refractivity contribution in [3.8, 4) is 0 Å². The highest BCUT2D eigenvalue weighted by Gasteiger charge is 2.46. The molecule has 116 valence electrons. The molecule has 0 radical (unpaired) electrons. The molecule has 1 aliphatic carbocycles. The van der Waals surface area contributed by atoms with E-state index in [0.717, 1.165) is 25.7 Å². The van der Waals surface area contributed by atoms with Crippen molar-refractivity contribution in [2.24, 2.45) is 11.8 Å². The van der Waals surface area contributed by atoms with Crippen LogP contribution in [-0.4, -0.2) is 34.0 Å². The van der Waals surface area contributed by atoms with E-state index in [4.69, 9.17) is 0 Å². The van der Waals surface area contributed by atoms with Crippen LogP contribution in [0.5, 0.6) is 0 Å². The summed E-state index contributed by atoms with van der Waals surface area (Å²) in [6.07, 6.45) is 4.84. The van der Waals surface area contributed by atoms with Crippen LogP contribution in [0.2, 0.25) is 0 Å². The normalized spacial score (nSPS) is 27.1. The van der Waals surface area contributed by atoms with Gasteiger partial charge in [0.25, 0.3) is 0 Å². The Morgan fingerprint density at radius 1 is 1.30 bits per heavy atom. The highest BCUT2D eigenvalue weighted by Crippen LogP contribution is 2.38. The summed E-state index contributed by atoms with van der Waals surface area (Å²) in [5.74, 6) is 0.214. The second-order valence-corrected chi connectivity index (χ2v) is 6.44. The van der Waals surface area contributed by atoms with E-state index < -0.39 is 11.5 Å². The Hall–Kier alpha value is -1.06. The van der Waals surface area contributed by atoms with Gasteiger partial charge in [-0.3, -0.25) is 4.79 Å². The monoisotopic (exact) mass is 283 g/mol. The molecule has 1 N–H and O–H groups in total. The predicted molar refractivity (Wildman–Crippen MR) is 79.5 cm³/mol. The van der Waals surface area contributed by atoms with Crippen molar-refractivity contribution >= 4 is 11.9 Å². The molecular weight excluding hydrogens is 254 g/mol. The van der Waals surface area contributed by atoms with Gasteiger partial charge in [0.15, 0.2) is 0 Å². The SMILES string of the molecule is CCCN(C(C)=O)C1(C(=O)O)CCCC(C(C)C)CC1. The van der Waals surface area contributed by atoms with Gasteiger partial charge in [-0.15, -0.1) is 0 Å². The first-order valence-corrected chi connectivity index (χ1v) is 7.86. The maximum Gasteiger partial charge on any atom is 0.329 e. The molecule has 0 aromatic rings. The Labute approximate surface area is 122 Å². The second kappa shape index (κ2) is 7.09. The highest BCUT2D eigenvalue weighted by atomic mass is 16.4. The van der Waals surface area contributed by atoms with Gasteiger partial charge in [-0.2, -0.15) is 0 Å². The minimum absolute atomic E-state index is 0.114. The van der Waals surface area contributed by atoms with Gasteiger partial charge in [0, 0.05) is 13.5 Å². The average Bonchev–Trinajstić information content (AvgIpc) is 2.59. The fourth-order valence-electron chi connectivity index (χ4n) is 3.51. The van der Waals surface area contributed by atoms with E-state index in [9.17, 15) is 14.7 Å². The number of nitrogens with zero attached hydrogens (tertiary/aromatic N) is 1. The number of carbonyl (C=O) groups excluding carboxylic acids is 1. The highest BCUT2D eigenvalue weighted by molar-refractivity contribution is 5.86. The predicted octanol–water partition coefficient (Wildman–Crippen LogP) is 3.30. The number of aliphatic carboxylic acids is 1. The van der Waals surface area contributed by atoms with E-state index in [0.29, 0.717) is 31.2 Å². The summed E-state index contributed by atoms with van der Waals surface area (Å²) in [6.45, 7) is 8.42. The molecule has 1 saturated carbocycles. The summed E-state index contributed by atoms with van der Waals surface area (Å²) >= 11 is 0. The van der Waals surface area contributed by atoms with Gasteiger partial charge in [0.05, 0.1) is 0 Å². The minimum atomic E-state index is -0.981. The van der Waals surface area contributed by atoms with E-state index in [1.54, 1.807) is 4.90 Å². The van der Waals surface area contributed by atoms with Crippen molar-refractivity contribution in [2.45, 2.75) is 71.8 Å². The zero-order valence-electron chi connectivity index (χ0n) is 13.3. The number of hydrogen-bond acceptors (Lipinski definition) is 2. The topological polar surface area (TPSA) is 57.6 Å². The molecule has 1 aliphatic rings. The fourth-order valence-corrected chi connectivity index (χ4v) is 3.51. The van der Waals surface area contributed by atoms with Gasteiger partial charge < -0.3 is 10.0 Å². The molecule has 2 atom stereocenters. The van der Waals surface area contributed by atoms with Crippen LogP contribution in [0.3, 0.4) is 0 Å². The van der Waals surface area contributed by atoms with Crippen LogP contribution in [0.25, 0.3) is 0 Å². The molecule has 1 fully saturated rings. The Morgan fingerprint density at radius 2 is 1.95 bits per heavy atom. The number of rotatable bonds is 5. The lowest BCUT2D eigenvalue weighted by Gasteiger charge is -2.40. The number of carboxylic acids is 1. The molecule has 0 spiro atoms. The standard InChI is InChI=1S/C16H29NO3/c1-5-11-17(13(4)18)16(15(19)20)9-6-7-14(8-10-16)12(2)3/h12,14H,5-11H2,1-4H3,(H,19,20). The van der Waals surface area contributed by atoms with Crippen molar-refractivity contribution in [3.63, 3.8) is 0 Å². The average molecular weight is 283 g/mol. The zero-order chi connectivity index (χ0) is 15.3. The Morgan fingerprint density at radius 3 is 2.40 bits per heavy atom. The third-order valence-corrected chi connectivity index (χ3v) is 4.78. The van der Waals surface area contributed by atoms with Gasteiger partial charge in [-0.1, -0.05) is 33.6 Å². The molecule has 4 heteroatoms.